The Hall–Kier alpha value is -5.59. The van der Waals surface area contributed by atoms with E-state index in [9.17, 15) is 40.6 Å². The number of nitrogen functional groups attached to an aromatic ring is 1. The molecule has 19 heteroatoms. The van der Waals surface area contributed by atoms with Gasteiger partial charge in [-0.05, 0) is 29.8 Å². The van der Waals surface area contributed by atoms with Crippen molar-refractivity contribution in [1.29, 1.82) is 0 Å². The molecule has 248 valence electrons. The molecule has 0 unspecified atom stereocenters. The maximum absolute atomic E-state index is 14.6. The second kappa shape index (κ2) is 14.7. The van der Waals surface area contributed by atoms with Gasteiger partial charge in [-0.1, -0.05) is 24.3 Å². The SMILES string of the molecule is Nc1[nH]c(=O)ncc1F.O[C@](Cn1cncn1)(Cn1cnc(/C=C/c2ccc(OCC(F)(F)C(F)F)cc2)n1)c1ccc(F)cc1F. The van der Waals surface area contributed by atoms with Gasteiger partial charge in [-0.15, -0.1) is 0 Å². The van der Waals surface area contributed by atoms with E-state index < -0.39 is 47.7 Å². The van der Waals surface area contributed by atoms with Crippen LogP contribution in [0.4, 0.5) is 36.6 Å². The Labute approximate surface area is 260 Å². The summed E-state index contributed by atoms with van der Waals surface area (Å²) >= 11 is 0. The smallest absolute Gasteiger partial charge is 0.346 e. The minimum absolute atomic E-state index is 0.00966. The zero-order valence-corrected chi connectivity index (χ0v) is 23.8. The van der Waals surface area contributed by atoms with Gasteiger partial charge in [0.2, 0.25) is 0 Å². The Bertz CT molecular complexity index is 1850. The van der Waals surface area contributed by atoms with Crippen LogP contribution in [0.25, 0.3) is 12.2 Å². The van der Waals surface area contributed by atoms with E-state index in [0.29, 0.717) is 11.6 Å². The van der Waals surface area contributed by atoms with E-state index in [1.165, 1.54) is 58.7 Å². The number of aromatic nitrogens is 8. The lowest BCUT2D eigenvalue weighted by molar-refractivity contribution is -0.148. The fraction of sp³-hybridized carbons (Fsp3) is 0.214. The zero-order valence-electron chi connectivity index (χ0n) is 23.8. The van der Waals surface area contributed by atoms with Crippen molar-refractivity contribution in [3.05, 3.63) is 113 Å². The number of rotatable bonds is 11. The predicted octanol–water partition coefficient (Wildman–Crippen LogP) is 3.68. The maximum atomic E-state index is 14.6. The lowest BCUT2D eigenvalue weighted by atomic mass is 9.93. The zero-order chi connectivity index (χ0) is 34.2. The van der Waals surface area contributed by atoms with Crippen molar-refractivity contribution in [2.45, 2.75) is 31.0 Å². The van der Waals surface area contributed by atoms with E-state index in [2.05, 4.69) is 25.1 Å². The maximum Gasteiger partial charge on any atom is 0.346 e. The topological polar surface area (TPSA) is 163 Å². The molecule has 0 bridgehead atoms. The molecule has 3 heterocycles. The van der Waals surface area contributed by atoms with Gasteiger partial charge in [0, 0.05) is 11.6 Å². The van der Waals surface area contributed by atoms with Gasteiger partial charge in [0.1, 0.15) is 47.8 Å². The average Bonchev–Trinajstić information content (AvgIpc) is 3.69. The third kappa shape index (κ3) is 9.45. The molecule has 47 heavy (non-hydrogen) atoms. The van der Waals surface area contributed by atoms with Crippen molar-refractivity contribution in [3.63, 3.8) is 0 Å². The quantitative estimate of drug-likeness (QED) is 0.179. The van der Waals surface area contributed by atoms with E-state index in [0.717, 1.165) is 18.3 Å². The summed E-state index contributed by atoms with van der Waals surface area (Å²) in [5.74, 6) is -6.78. The van der Waals surface area contributed by atoms with E-state index in [1.807, 2.05) is 4.98 Å². The highest BCUT2D eigenvalue weighted by Crippen LogP contribution is 2.28. The number of alkyl halides is 4. The second-order valence-electron chi connectivity index (χ2n) is 9.75. The van der Waals surface area contributed by atoms with Crippen LogP contribution in [-0.2, 0) is 18.7 Å². The number of anilines is 1. The Kier molecular flexibility index (Phi) is 10.7. The molecule has 0 aliphatic heterocycles. The van der Waals surface area contributed by atoms with Gasteiger partial charge in [0.05, 0.1) is 19.3 Å². The van der Waals surface area contributed by atoms with Gasteiger partial charge in [-0.2, -0.15) is 24.0 Å². The molecule has 0 aliphatic rings. The lowest BCUT2D eigenvalue weighted by Crippen LogP contribution is -2.37. The standard InChI is InChI=1S/C24H20F6N6O2.C4H4FN3O/c25-17-4-7-19(20(26)9-17)23(37,10-35-14-31-13-33-35)11-36-15-32-21(34-36)8-3-16-1-5-18(6-2-16)38-12-24(29,30)22(27)28;5-2-1-7-4(9)8-3(2)6/h1-9,13-15,22,37H,10-12H2;1H,(H3,6,7,8,9)/b8-3+;/t23-;/m1./s1. The van der Waals surface area contributed by atoms with Gasteiger partial charge < -0.3 is 15.6 Å². The summed E-state index contributed by atoms with van der Waals surface area (Å²) in [5, 5.41) is 19.6. The molecule has 0 fully saturated rings. The highest BCUT2D eigenvalue weighted by Gasteiger charge is 2.41. The summed E-state index contributed by atoms with van der Waals surface area (Å²) in [4.78, 5) is 23.2. The number of ether oxygens (including phenoxy) is 1. The number of nitrogens with two attached hydrogens (primary N) is 1. The molecule has 0 radical (unpaired) electrons. The molecule has 0 amide bonds. The molecular weight excluding hydrogens is 643 g/mol. The number of H-pyrrole nitrogens is 1. The van der Waals surface area contributed by atoms with Crippen molar-refractivity contribution in [3.8, 4) is 5.75 Å². The molecule has 2 aromatic carbocycles. The predicted molar refractivity (Wildman–Crippen MR) is 151 cm³/mol. The molecule has 5 aromatic rings. The summed E-state index contributed by atoms with van der Waals surface area (Å²) in [5.41, 5.74) is 2.85. The number of aliphatic hydroxyl groups is 1. The van der Waals surface area contributed by atoms with Gasteiger partial charge in [0.25, 0.3) is 0 Å². The molecule has 4 N–H and O–H groups in total. The third-order valence-electron chi connectivity index (χ3n) is 6.15. The first-order valence-corrected chi connectivity index (χ1v) is 13.2. The van der Waals surface area contributed by atoms with Crippen molar-refractivity contribution >= 4 is 18.0 Å². The Morgan fingerprint density at radius 1 is 0.979 bits per heavy atom. The van der Waals surface area contributed by atoms with E-state index in [-0.39, 0.29) is 36.0 Å². The van der Waals surface area contributed by atoms with Crippen LogP contribution in [0.1, 0.15) is 17.0 Å². The largest absolute Gasteiger partial charge is 0.487 e. The number of hydrogen-bond donors (Lipinski definition) is 3. The third-order valence-corrected chi connectivity index (χ3v) is 6.15. The molecule has 0 saturated heterocycles. The number of aromatic amines is 1. The summed E-state index contributed by atoms with van der Waals surface area (Å²) in [6, 6.07) is 8.54. The van der Waals surface area contributed by atoms with Crippen molar-refractivity contribution < 1.29 is 40.6 Å². The van der Waals surface area contributed by atoms with Crippen molar-refractivity contribution in [2.24, 2.45) is 0 Å². The number of nitrogens with one attached hydrogen (secondary N) is 1. The minimum atomic E-state index is -4.26. The summed E-state index contributed by atoms with van der Waals surface area (Å²) in [6.45, 7) is -1.92. The van der Waals surface area contributed by atoms with Crippen LogP contribution in [0.5, 0.6) is 5.75 Å². The second-order valence-corrected chi connectivity index (χ2v) is 9.75. The molecule has 1 atom stereocenters. The first-order chi connectivity index (χ1) is 22.2. The summed E-state index contributed by atoms with van der Waals surface area (Å²) in [7, 11) is 0. The van der Waals surface area contributed by atoms with Crippen LogP contribution in [0.2, 0.25) is 0 Å². The fourth-order valence-electron chi connectivity index (χ4n) is 3.88. The lowest BCUT2D eigenvalue weighted by Gasteiger charge is -2.28. The van der Waals surface area contributed by atoms with Gasteiger partial charge in [-0.25, -0.2) is 46.1 Å². The Morgan fingerprint density at radius 3 is 2.32 bits per heavy atom. The molecular formula is C28H24F7N9O3. The molecule has 0 spiro atoms. The van der Waals surface area contributed by atoms with Gasteiger partial charge in [0.15, 0.2) is 18.2 Å². The molecule has 5 rings (SSSR count). The van der Waals surface area contributed by atoms with Crippen LogP contribution in [0, 0.1) is 17.5 Å². The fourth-order valence-corrected chi connectivity index (χ4v) is 3.88. The van der Waals surface area contributed by atoms with Gasteiger partial charge >= 0.3 is 18.0 Å². The highest BCUT2D eigenvalue weighted by atomic mass is 19.3. The molecule has 0 aliphatic carbocycles. The molecule has 3 aromatic heterocycles. The van der Waals surface area contributed by atoms with Crippen LogP contribution >= 0.6 is 0 Å². The number of nitrogens with zero attached hydrogens (tertiary/aromatic N) is 7. The van der Waals surface area contributed by atoms with Crippen molar-refractivity contribution in [1.82, 2.24) is 39.5 Å². The summed E-state index contributed by atoms with van der Waals surface area (Å²) < 4.78 is 97.9. The Balaban J connectivity index is 0.000000479. The van der Waals surface area contributed by atoms with Gasteiger partial charge in [-0.3, -0.25) is 4.98 Å². The first kappa shape index (κ1) is 34.3. The summed E-state index contributed by atoms with van der Waals surface area (Å²) in [6.07, 6.45) is 3.96. The first-order valence-electron chi connectivity index (χ1n) is 13.2. The molecule has 0 saturated carbocycles. The van der Waals surface area contributed by atoms with Crippen LogP contribution in [0.15, 0.2) is 72.4 Å². The van der Waals surface area contributed by atoms with Crippen LogP contribution < -0.4 is 16.2 Å². The molecule has 12 nitrogen and oxygen atoms in total. The average molecular weight is 668 g/mol. The normalized spacial score (nSPS) is 13.0. The van der Waals surface area contributed by atoms with E-state index >= 15 is 0 Å². The van der Waals surface area contributed by atoms with E-state index in [1.54, 1.807) is 6.08 Å². The minimum Gasteiger partial charge on any atom is -0.487 e. The Morgan fingerprint density at radius 2 is 1.70 bits per heavy atom. The van der Waals surface area contributed by atoms with E-state index in [4.69, 9.17) is 10.5 Å². The number of benzene rings is 2. The monoisotopic (exact) mass is 667 g/mol. The van der Waals surface area contributed by atoms with Crippen molar-refractivity contribution in [2.75, 3.05) is 12.3 Å². The van der Waals surface area contributed by atoms with Crippen LogP contribution in [0.3, 0.4) is 0 Å². The van der Waals surface area contributed by atoms with Crippen LogP contribution in [-0.4, -0.2) is 63.6 Å². The number of halogens is 7. The number of hydrogen-bond acceptors (Lipinski definition) is 9. The highest BCUT2D eigenvalue weighted by molar-refractivity contribution is 5.66.